The van der Waals surface area contributed by atoms with Crippen LogP contribution in [0, 0.1) is 5.41 Å². The minimum absolute atomic E-state index is 0.169. The van der Waals surface area contributed by atoms with Crippen molar-refractivity contribution >= 4 is 5.91 Å². The molecule has 3 heteroatoms. The number of hydrogen-bond acceptors (Lipinski definition) is 2. The molecule has 1 heterocycles. The highest BCUT2D eigenvalue weighted by atomic mass is 16.2. The molecule has 0 saturated carbocycles. The van der Waals surface area contributed by atoms with Crippen LogP contribution in [0.5, 0.6) is 0 Å². The smallest absolute Gasteiger partial charge is 0.253 e. The molecule has 2 N–H and O–H groups in total. The van der Waals surface area contributed by atoms with Gasteiger partial charge >= 0.3 is 0 Å². The second-order valence-corrected chi connectivity index (χ2v) is 6.20. The molecule has 0 aromatic heterocycles. The Morgan fingerprint density at radius 2 is 2.05 bits per heavy atom. The van der Waals surface area contributed by atoms with Crippen LogP contribution in [0.15, 0.2) is 24.3 Å². The van der Waals surface area contributed by atoms with E-state index in [1.54, 1.807) is 0 Å². The monoisotopic (exact) mass is 274 g/mol. The minimum atomic E-state index is 0.169. The van der Waals surface area contributed by atoms with Crippen LogP contribution in [0.25, 0.3) is 0 Å². The predicted molar refractivity (Wildman–Crippen MR) is 82.7 cm³/mol. The Hall–Kier alpha value is -1.35. The van der Waals surface area contributed by atoms with Crippen molar-refractivity contribution in [2.24, 2.45) is 11.1 Å². The van der Waals surface area contributed by atoms with Gasteiger partial charge in [0, 0.05) is 18.7 Å². The highest BCUT2D eigenvalue weighted by Gasteiger charge is 2.30. The molecule has 0 atom stereocenters. The van der Waals surface area contributed by atoms with E-state index in [1.807, 2.05) is 29.2 Å². The third-order valence-corrected chi connectivity index (χ3v) is 4.72. The first-order chi connectivity index (χ1) is 9.58. The van der Waals surface area contributed by atoms with E-state index >= 15 is 0 Å². The van der Waals surface area contributed by atoms with Crippen LogP contribution in [0.3, 0.4) is 0 Å². The highest BCUT2D eigenvalue weighted by molar-refractivity contribution is 5.94. The molecule has 1 saturated heterocycles. The van der Waals surface area contributed by atoms with Crippen molar-refractivity contribution in [2.45, 2.75) is 39.5 Å². The van der Waals surface area contributed by atoms with Gasteiger partial charge in [0.25, 0.3) is 5.91 Å². The van der Waals surface area contributed by atoms with Crippen LogP contribution in [-0.4, -0.2) is 30.4 Å². The fraction of sp³-hybridized carbons (Fsp3) is 0.588. The van der Waals surface area contributed by atoms with Crippen LogP contribution in [0.1, 0.15) is 49.0 Å². The van der Waals surface area contributed by atoms with Gasteiger partial charge in [0.2, 0.25) is 0 Å². The lowest BCUT2D eigenvalue weighted by Crippen LogP contribution is -2.41. The van der Waals surface area contributed by atoms with Crippen LogP contribution >= 0.6 is 0 Å². The molecule has 3 nitrogen and oxygen atoms in total. The third kappa shape index (κ3) is 3.40. The molecule has 0 aliphatic carbocycles. The van der Waals surface area contributed by atoms with E-state index in [9.17, 15) is 4.79 Å². The zero-order valence-corrected chi connectivity index (χ0v) is 12.7. The standard InChI is InChI=1S/C17H26N2O/c1-3-17(2)8-11-19(12-9-17)16(20)15-6-4-5-14(13-15)7-10-18/h4-6,13H,3,7-12,18H2,1-2H3. The zero-order valence-electron chi connectivity index (χ0n) is 12.7. The van der Waals surface area contributed by atoms with E-state index in [0.717, 1.165) is 43.5 Å². The summed E-state index contributed by atoms with van der Waals surface area (Å²) in [5, 5.41) is 0. The second-order valence-electron chi connectivity index (χ2n) is 6.20. The molecule has 1 amide bonds. The first kappa shape index (κ1) is 15.0. The van der Waals surface area contributed by atoms with Gasteiger partial charge in [-0.1, -0.05) is 32.4 Å². The largest absolute Gasteiger partial charge is 0.339 e. The van der Waals surface area contributed by atoms with Crippen LogP contribution in [0.4, 0.5) is 0 Å². The number of amides is 1. The van der Waals surface area contributed by atoms with Gasteiger partial charge in [0.15, 0.2) is 0 Å². The van der Waals surface area contributed by atoms with E-state index in [2.05, 4.69) is 13.8 Å². The average molecular weight is 274 g/mol. The first-order valence-electron chi connectivity index (χ1n) is 7.66. The number of nitrogens with two attached hydrogens (primary N) is 1. The minimum Gasteiger partial charge on any atom is -0.339 e. The molecule has 0 spiro atoms. The fourth-order valence-corrected chi connectivity index (χ4v) is 2.81. The summed E-state index contributed by atoms with van der Waals surface area (Å²) in [6.45, 7) is 6.95. The maximum absolute atomic E-state index is 12.6. The van der Waals surface area contributed by atoms with E-state index in [-0.39, 0.29) is 5.91 Å². The van der Waals surface area contributed by atoms with Gasteiger partial charge < -0.3 is 10.6 Å². The van der Waals surface area contributed by atoms with Crippen molar-refractivity contribution < 1.29 is 4.79 Å². The normalized spacial score (nSPS) is 18.1. The molecule has 1 aromatic carbocycles. The number of carbonyl (C=O) groups excluding carboxylic acids is 1. The van der Waals surface area contributed by atoms with Crippen molar-refractivity contribution in [3.8, 4) is 0 Å². The number of nitrogens with zero attached hydrogens (tertiary/aromatic N) is 1. The summed E-state index contributed by atoms with van der Waals surface area (Å²) in [7, 11) is 0. The molecule has 0 radical (unpaired) electrons. The second kappa shape index (κ2) is 6.40. The molecule has 20 heavy (non-hydrogen) atoms. The summed E-state index contributed by atoms with van der Waals surface area (Å²) in [6, 6.07) is 7.89. The van der Waals surface area contributed by atoms with Gasteiger partial charge in [-0.3, -0.25) is 4.79 Å². The number of benzene rings is 1. The van der Waals surface area contributed by atoms with Gasteiger partial charge in [0.05, 0.1) is 0 Å². The Labute approximate surface area is 122 Å². The van der Waals surface area contributed by atoms with Gasteiger partial charge in [-0.25, -0.2) is 0 Å². The lowest BCUT2D eigenvalue weighted by Gasteiger charge is -2.39. The summed E-state index contributed by atoms with van der Waals surface area (Å²) >= 11 is 0. The van der Waals surface area contributed by atoms with Crippen molar-refractivity contribution in [3.05, 3.63) is 35.4 Å². The van der Waals surface area contributed by atoms with Gasteiger partial charge in [-0.2, -0.15) is 0 Å². The van der Waals surface area contributed by atoms with Gasteiger partial charge in [0.1, 0.15) is 0 Å². The number of carbonyl (C=O) groups is 1. The molecule has 1 aliphatic heterocycles. The highest BCUT2D eigenvalue weighted by Crippen LogP contribution is 2.34. The molecule has 0 unspecified atom stereocenters. The molecule has 1 aliphatic rings. The van der Waals surface area contributed by atoms with Crippen molar-refractivity contribution in [1.82, 2.24) is 4.90 Å². The summed E-state index contributed by atoms with van der Waals surface area (Å²) in [4.78, 5) is 14.5. The van der Waals surface area contributed by atoms with Crippen molar-refractivity contribution in [3.63, 3.8) is 0 Å². The Bertz CT molecular complexity index is 462. The number of hydrogen-bond donors (Lipinski definition) is 1. The molecule has 2 rings (SSSR count). The van der Waals surface area contributed by atoms with E-state index in [0.29, 0.717) is 12.0 Å². The molecule has 110 valence electrons. The summed E-state index contributed by atoms with van der Waals surface area (Å²) in [5.74, 6) is 0.169. The van der Waals surface area contributed by atoms with E-state index in [4.69, 9.17) is 5.73 Å². The molecule has 1 fully saturated rings. The Morgan fingerprint density at radius 1 is 1.35 bits per heavy atom. The topological polar surface area (TPSA) is 46.3 Å². The molecule has 1 aromatic rings. The molecular weight excluding hydrogens is 248 g/mol. The van der Waals surface area contributed by atoms with Gasteiger partial charge in [-0.15, -0.1) is 0 Å². The predicted octanol–water partition coefficient (Wildman–Crippen LogP) is 2.84. The summed E-state index contributed by atoms with van der Waals surface area (Å²) in [6.07, 6.45) is 4.24. The van der Waals surface area contributed by atoms with Crippen LogP contribution < -0.4 is 5.73 Å². The fourth-order valence-electron chi connectivity index (χ4n) is 2.81. The lowest BCUT2D eigenvalue weighted by atomic mass is 9.78. The zero-order chi connectivity index (χ0) is 14.6. The molecule has 0 bridgehead atoms. The van der Waals surface area contributed by atoms with Crippen LogP contribution in [-0.2, 0) is 6.42 Å². The Morgan fingerprint density at radius 3 is 2.65 bits per heavy atom. The Kier molecular flexibility index (Phi) is 4.81. The average Bonchev–Trinajstić information content (AvgIpc) is 2.48. The number of rotatable bonds is 4. The van der Waals surface area contributed by atoms with Gasteiger partial charge in [-0.05, 0) is 48.9 Å². The maximum atomic E-state index is 12.6. The Balaban J connectivity index is 2.03. The van der Waals surface area contributed by atoms with Crippen molar-refractivity contribution in [2.75, 3.05) is 19.6 Å². The first-order valence-corrected chi connectivity index (χ1v) is 7.66. The third-order valence-electron chi connectivity index (χ3n) is 4.72. The maximum Gasteiger partial charge on any atom is 0.253 e. The number of likely N-dealkylation sites (tertiary alicyclic amines) is 1. The molecular formula is C17H26N2O. The number of piperidine rings is 1. The van der Waals surface area contributed by atoms with Crippen molar-refractivity contribution in [1.29, 1.82) is 0 Å². The quantitative estimate of drug-likeness (QED) is 0.917. The SMILES string of the molecule is CCC1(C)CCN(C(=O)c2cccc(CCN)c2)CC1. The van der Waals surface area contributed by atoms with Crippen LogP contribution in [0.2, 0.25) is 0 Å². The van der Waals surface area contributed by atoms with E-state index < -0.39 is 0 Å². The summed E-state index contributed by atoms with van der Waals surface area (Å²) < 4.78 is 0. The lowest BCUT2D eigenvalue weighted by molar-refractivity contribution is 0.0600. The van der Waals surface area contributed by atoms with E-state index in [1.165, 1.54) is 6.42 Å². The summed E-state index contributed by atoms with van der Waals surface area (Å²) in [5.41, 5.74) is 7.94.